The quantitative estimate of drug-likeness (QED) is 0.855. The van der Waals surface area contributed by atoms with Gasteiger partial charge in [-0.2, -0.15) is 15.0 Å². The Kier molecular flexibility index (Phi) is 4.98. The molecule has 2 fully saturated rings. The van der Waals surface area contributed by atoms with Crippen LogP contribution < -0.4 is 15.1 Å². The standard InChI is InChI=1S/C17H25N7O2/c1-12(2)19-14-13-11-18-16(23-3-7-25-8-4-23)20-15(13)22-17(21-14)24-5-9-26-10-6-24/h11-12H,3-10H2,1-2H3,(H,18,19,20,21,22). The van der Waals surface area contributed by atoms with Gasteiger partial charge >= 0.3 is 0 Å². The molecule has 0 aliphatic carbocycles. The molecular formula is C17H25N7O2. The number of nitrogens with one attached hydrogen (secondary N) is 1. The highest BCUT2D eigenvalue weighted by Gasteiger charge is 2.20. The van der Waals surface area contributed by atoms with Gasteiger partial charge in [0, 0.05) is 38.4 Å². The molecule has 2 aromatic rings. The fourth-order valence-electron chi connectivity index (χ4n) is 3.10. The SMILES string of the molecule is CC(C)Nc1nc(N2CCOCC2)nc2nc(N3CCOCC3)ncc12. The van der Waals surface area contributed by atoms with E-state index in [-0.39, 0.29) is 6.04 Å². The maximum atomic E-state index is 5.44. The van der Waals surface area contributed by atoms with Crippen LogP contribution in [0.1, 0.15) is 13.8 Å². The number of morpholine rings is 2. The number of fused-ring (bicyclic) bond motifs is 1. The number of hydrogen-bond acceptors (Lipinski definition) is 9. The van der Waals surface area contributed by atoms with Gasteiger partial charge in [0.1, 0.15) is 5.82 Å². The predicted octanol–water partition coefficient (Wildman–Crippen LogP) is 0.913. The molecule has 9 heteroatoms. The van der Waals surface area contributed by atoms with Crippen molar-refractivity contribution in [1.82, 2.24) is 19.9 Å². The summed E-state index contributed by atoms with van der Waals surface area (Å²) in [7, 11) is 0. The van der Waals surface area contributed by atoms with E-state index in [4.69, 9.17) is 24.4 Å². The van der Waals surface area contributed by atoms with E-state index < -0.39 is 0 Å². The molecule has 0 unspecified atom stereocenters. The third-order valence-electron chi connectivity index (χ3n) is 4.44. The second-order valence-electron chi connectivity index (χ2n) is 6.78. The van der Waals surface area contributed by atoms with Gasteiger partial charge in [-0.25, -0.2) is 4.98 Å². The van der Waals surface area contributed by atoms with Gasteiger partial charge in [-0.1, -0.05) is 0 Å². The Morgan fingerprint density at radius 1 is 0.885 bits per heavy atom. The molecule has 0 atom stereocenters. The molecule has 9 nitrogen and oxygen atoms in total. The van der Waals surface area contributed by atoms with E-state index in [1.165, 1.54) is 0 Å². The van der Waals surface area contributed by atoms with Crippen molar-refractivity contribution in [1.29, 1.82) is 0 Å². The first-order chi connectivity index (χ1) is 12.7. The van der Waals surface area contributed by atoms with Crippen molar-refractivity contribution in [3.63, 3.8) is 0 Å². The van der Waals surface area contributed by atoms with Crippen LogP contribution in [-0.4, -0.2) is 78.6 Å². The summed E-state index contributed by atoms with van der Waals surface area (Å²) in [4.78, 5) is 23.0. The highest BCUT2D eigenvalue weighted by atomic mass is 16.5. The van der Waals surface area contributed by atoms with Gasteiger partial charge in [0.2, 0.25) is 11.9 Å². The maximum absolute atomic E-state index is 5.44. The van der Waals surface area contributed by atoms with Gasteiger partial charge in [-0.15, -0.1) is 0 Å². The van der Waals surface area contributed by atoms with E-state index in [2.05, 4.69) is 33.9 Å². The first-order valence-electron chi connectivity index (χ1n) is 9.17. The molecule has 2 aliphatic heterocycles. The van der Waals surface area contributed by atoms with Crippen LogP contribution in [-0.2, 0) is 9.47 Å². The first-order valence-corrected chi connectivity index (χ1v) is 9.17. The topological polar surface area (TPSA) is 88.5 Å². The van der Waals surface area contributed by atoms with Crippen molar-refractivity contribution in [2.75, 3.05) is 67.7 Å². The molecule has 2 saturated heterocycles. The third kappa shape index (κ3) is 3.63. The Morgan fingerprint density at radius 2 is 1.46 bits per heavy atom. The molecule has 0 radical (unpaired) electrons. The zero-order chi connectivity index (χ0) is 17.9. The van der Waals surface area contributed by atoms with Crippen LogP contribution in [0.15, 0.2) is 6.20 Å². The number of aromatic nitrogens is 4. The number of nitrogens with zero attached hydrogens (tertiary/aromatic N) is 6. The lowest BCUT2D eigenvalue weighted by molar-refractivity contribution is 0.122. The number of anilines is 3. The summed E-state index contributed by atoms with van der Waals surface area (Å²) in [5, 5.41) is 4.24. The van der Waals surface area contributed by atoms with Crippen LogP contribution >= 0.6 is 0 Å². The number of rotatable bonds is 4. The van der Waals surface area contributed by atoms with E-state index in [0.29, 0.717) is 44.0 Å². The van der Waals surface area contributed by atoms with Crippen LogP contribution in [0.25, 0.3) is 11.0 Å². The molecular weight excluding hydrogens is 334 g/mol. The van der Waals surface area contributed by atoms with Gasteiger partial charge in [0.05, 0.1) is 31.8 Å². The number of hydrogen-bond donors (Lipinski definition) is 1. The van der Waals surface area contributed by atoms with E-state index in [0.717, 1.165) is 37.4 Å². The van der Waals surface area contributed by atoms with E-state index in [1.807, 2.05) is 6.20 Å². The van der Waals surface area contributed by atoms with Gasteiger partial charge in [0.15, 0.2) is 5.65 Å². The van der Waals surface area contributed by atoms with Crippen molar-refractivity contribution in [2.24, 2.45) is 0 Å². The normalized spacial score (nSPS) is 18.6. The number of ether oxygens (including phenoxy) is 2. The second-order valence-corrected chi connectivity index (χ2v) is 6.78. The Bertz CT molecular complexity index is 753. The first kappa shape index (κ1) is 17.2. The van der Waals surface area contributed by atoms with Crippen LogP contribution in [0.2, 0.25) is 0 Å². The highest BCUT2D eigenvalue weighted by Crippen LogP contribution is 2.25. The Balaban J connectivity index is 1.74. The Morgan fingerprint density at radius 3 is 2.08 bits per heavy atom. The summed E-state index contributed by atoms with van der Waals surface area (Å²) in [6.45, 7) is 10.1. The van der Waals surface area contributed by atoms with Gasteiger partial charge in [0.25, 0.3) is 0 Å². The predicted molar refractivity (Wildman–Crippen MR) is 100.0 cm³/mol. The van der Waals surface area contributed by atoms with Gasteiger partial charge < -0.3 is 24.6 Å². The van der Waals surface area contributed by atoms with Gasteiger partial charge in [-0.3, -0.25) is 0 Å². The minimum Gasteiger partial charge on any atom is -0.378 e. The minimum absolute atomic E-state index is 0.254. The molecule has 2 aromatic heterocycles. The van der Waals surface area contributed by atoms with Crippen molar-refractivity contribution in [3.05, 3.63) is 6.20 Å². The second kappa shape index (κ2) is 7.55. The molecule has 0 spiro atoms. The smallest absolute Gasteiger partial charge is 0.229 e. The molecule has 4 heterocycles. The van der Waals surface area contributed by atoms with Crippen molar-refractivity contribution < 1.29 is 9.47 Å². The Hall–Kier alpha value is -2.26. The fraction of sp³-hybridized carbons (Fsp3) is 0.647. The molecule has 0 aromatic carbocycles. The molecule has 26 heavy (non-hydrogen) atoms. The summed E-state index contributed by atoms with van der Waals surface area (Å²) in [5.74, 6) is 2.17. The summed E-state index contributed by atoms with van der Waals surface area (Å²) in [5.41, 5.74) is 0.668. The van der Waals surface area contributed by atoms with Crippen molar-refractivity contribution in [3.8, 4) is 0 Å². The van der Waals surface area contributed by atoms with Gasteiger partial charge in [-0.05, 0) is 13.8 Å². The lowest BCUT2D eigenvalue weighted by Gasteiger charge is -2.28. The van der Waals surface area contributed by atoms with Crippen LogP contribution in [0.4, 0.5) is 17.7 Å². The average molecular weight is 359 g/mol. The maximum Gasteiger partial charge on any atom is 0.229 e. The summed E-state index contributed by atoms with van der Waals surface area (Å²) < 4.78 is 10.9. The average Bonchev–Trinajstić information content (AvgIpc) is 2.68. The summed E-state index contributed by atoms with van der Waals surface area (Å²) >= 11 is 0. The van der Waals surface area contributed by atoms with E-state index in [9.17, 15) is 0 Å². The molecule has 0 saturated carbocycles. The molecule has 4 rings (SSSR count). The molecule has 2 aliphatic rings. The van der Waals surface area contributed by atoms with Crippen LogP contribution in [0, 0.1) is 0 Å². The molecule has 0 amide bonds. The highest BCUT2D eigenvalue weighted by molar-refractivity contribution is 5.87. The van der Waals surface area contributed by atoms with Crippen molar-refractivity contribution >= 4 is 28.7 Å². The van der Waals surface area contributed by atoms with E-state index in [1.54, 1.807) is 0 Å². The fourth-order valence-corrected chi connectivity index (χ4v) is 3.10. The lowest BCUT2D eigenvalue weighted by atomic mass is 10.3. The van der Waals surface area contributed by atoms with Crippen LogP contribution in [0.3, 0.4) is 0 Å². The zero-order valence-corrected chi connectivity index (χ0v) is 15.3. The summed E-state index contributed by atoms with van der Waals surface area (Å²) in [6.07, 6.45) is 1.82. The van der Waals surface area contributed by atoms with Crippen molar-refractivity contribution in [2.45, 2.75) is 19.9 Å². The van der Waals surface area contributed by atoms with Crippen LogP contribution in [0.5, 0.6) is 0 Å². The molecule has 140 valence electrons. The Labute approximate surface area is 152 Å². The lowest BCUT2D eigenvalue weighted by Crippen LogP contribution is -2.38. The monoisotopic (exact) mass is 359 g/mol. The zero-order valence-electron chi connectivity index (χ0n) is 15.3. The third-order valence-corrected chi connectivity index (χ3v) is 4.44. The summed E-state index contributed by atoms with van der Waals surface area (Å²) in [6, 6.07) is 0.254. The molecule has 0 bridgehead atoms. The minimum atomic E-state index is 0.254. The largest absolute Gasteiger partial charge is 0.378 e. The molecule has 1 N–H and O–H groups in total. The van der Waals surface area contributed by atoms with E-state index >= 15 is 0 Å².